The summed E-state index contributed by atoms with van der Waals surface area (Å²) in [5.41, 5.74) is -7.62. The van der Waals surface area contributed by atoms with Crippen molar-refractivity contribution in [3.63, 3.8) is 0 Å². The van der Waals surface area contributed by atoms with E-state index in [1.54, 1.807) is 0 Å². The van der Waals surface area contributed by atoms with Crippen molar-refractivity contribution in [2.24, 2.45) is 0 Å². The summed E-state index contributed by atoms with van der Waals surface area (Å²) in [7, 11) is 1.33. The number of halogens is 6. The number of benzene rings is 3. The predicted octanol–water partition coefficient (Wildman–Crippen LogP) is 5.41. The summed E-state index contributed by atoms with van der Waals surface area (Å²) in [6.45, 7) is 0. The van der Waals surface area contributed by atoms with Gasteiger partial charge in [0.05, 0.1) is 12.8 Å². The molecule has 0 heterocycles. The summed E-state index contributed by atoms with van der Waals surface area (Å²) in [5.74, 6) is -0.726. The number of amides is 1. The van der Waals surface area contributed by atoms with Crippen LogP contribution in [0.5, 0.6) is 5.75 Å². The average Bonchev–Trinajstić information content (AvgIpc) is 2.71. The molecule has 0 fully saturated rings. The van der Waals surface area contributed by atoms with Crippen LogP contribution in [-0.2, 0) is 5.60 Å². The summed E-state index contributed by atoms with van der Waals surface area (Å²) in [4.78, 5) is 12.7. The van der Waals surface area contributed by atoms with Gasteiger partial charge >= 0.3 is 12.4 Å². The van der Waals surface area contributed by atoms with Gasteiger partial charge in [0.15, 0.2) is 0 Å². The van der Waals surface area contributed by atoms with Gasteiger partial charge in [-0.1, -0.05) is 42.5 Å². The number of fused-ring (bicyclic) bond motifs is 1. The van der Waals surface area contributed by atoms with Gasteiger partial charge in [0.1, 0.15) is 5.75 Å². The molecule has 0 saturated heterocycles. The number of nitrogens with one attached hydrogen (secondary N) is 1. The molecule has 2 N–H and O–H groups in total. The van der Waals surface area contributed by atoms with E-state index in [0.29, 0.717) is 6.07 Å². The zero-order valence-corrected chi connectivity index (χ0v) is 15.8. The van der Waals surface area contributed by atoms with E-state index in [1.165, 1.54) is 55.6 Å². The van der Waals surface area contributed by atoms with Crippen LogP contribution in [0.25, 0.3) is 10.8 Å². The molecule has 3 rings (SSSR count). The molecule has 10 heteroatoms. The lowest BCUT2D eigenvalue weighted by atomic mass is 9.88. The normalized spacial score (nSPS) is 12.6. The molecule has 0 aliphatic heterocycles. The van der Waals surface area contributed by atoms with Gasteiger partial charge < -0.3 is 15.2 Å². The topological polar surface area (TPSA) is 58.6 Å². The Balaban J connectivity index is 2.25. The Bertz CT molecular complexity index is 1110. The second-order valence-corrected chi connectivity index (χ2v) is 6.60. The zero-order chi connectivity index (χ0) is 23.0. The van der Waals surface area contributed by atoms with Crippen molar-refractivity contribution in [2.45, 2.75) is 18.0 Å². The summed E-state index contributed by atoms with van der Waals surface area (Å²) >= 11 is 0. The van der Waals surface area contributed by atoms with Gasteiger partial charge in [0.25, 0.3) is 11.5 Å². The first-order valence-electron chi connectivity index (χ1n) is 8.73. The van der Waals surface area contributed by atoms with Crippen LogP contribution in [0.4, 0.5) is 32.0 Å². The molecular formula is C21H15F6NO3. The number of hydrogen-bond acceptors (Lipinski definition) is 3. The molecule has 0 radical (unpaired) electrons. The molecule has 0 spiro atoms. The molecule has 3 aromatic carbocycles. The van der Waals surface area contributed by atoms with Crippen LogP contribution in [0.3, 0.4) is 0 Å². The number of rotatable bonds is 4. The number of carbonyl (C=O) groups is 1. The maximum atomic E-state index is 13.5. The van der Waals surface area contributed by atoms with Gasteiger partial charge in [0, 0.05) is 16.5 Å². The minimum Gasteiger partial charge on any atom is -0.497 e. The lowest BCUT2D eigenvalue weighted by Gasteiger charge is -2.34. The molecule has 0 aromatic heterocycles. The number of alkyl halides is 6. The van der Waals surface area contributed by atoms with Crippen molar-refractivity contribution in [1.29, 1.82) is 0 Å². The summed E-state index contributed by atoms with van der Waals surface area (Å²) in [5, 5.41) is 12.2. The van der Waals surface area contributed by atoms with Gasteiger partial charge in [-0.2, -0.15) is 26.3 Å². The fourth-order valence-electron chi connectivity index (χ4n) is 3.12. The van der Waals surface area contributed by atoms with Crippen LogP contribution in [0.15, 0.2) is 60.7 Å². The minimum absolute atomic E-state index is 0.0687. The number of hydrogen-bond donors (Lipinski definition) is 2. The van der Waals surface area contributed by atoms with Crippen molar-refractivity contribution in [2.75, 3.05) is 12.4 Å². The second kappa shape index (κ2) is 7.77. The average molecular weight is 443 g/mol. The van der Waals surface area contributed by atoms with Crippen molar-refractivity contribution < 1.29 is 41.0 Å². The molecule has 1 amide bonds. The first-order chi connectivity index (χ1) is 14.4. The second-order valence-electron chi connectivity index (χ2n) is 6.60. The molecule has 3 aromatic rings. The monoisotopic (exact) mass is 443 g/mol. The third kappa shape index (κ3) is 3.90. The van der Waals surface area contributed by atoms with E-state index < -0.39 is 35.1 Å². The smallest absolute Gasteiger partial charge is 0.430 e. The molecule has 4 nitrogen and oxygen atoms in total. The van der Waals surface area contributed by atoms with Crippen LogP contribution < -0.4 is 10.1 Å². The molecule has 164 valence electrons. The van der Waals surface area contributed by atoms with Crippen LogP contribution in [0, 0.1) is 0 Å². The van der Waals surface area contributed by atoms with E-state index in [9.17, 15) is 36.2 Å². The minimum atomic E-state index is -6.11. The molecule has 0 atom stereocenters. The van der Waals surface area contributed by atoms with E-state index in [-0.39, 0.29) is 22.1 Å². The molecule has 0 aliphatic carbocycles. The number of aliphatic hydroxyl groups is 1. The summed E-state index contributed by atoms with van der Waals surface area (Å²) in [6.07, 6.45) is -12.2. The first-order valence-corrected chi connectivity index (χ1v) is 8.73. The maximum absolute atomic E-state index is 13.5. The molecule has 0 saturated carbocycles. The Morgan fingerprint density at radius 1 is 0.903 bits per heavy atom. The van der Waals surface area contributed by atoms with Gasteiger partial charge in [-0.3, -0.25) is 4.79 Å². The van der Waals surface area contributed by atoms with Gasteiger partial charge in [-0.05, 0) is 23.6 Å². The van der Waals surface area contributed by atoms with Gasteiger partial charge in [0.2, 0.25) is 0 Å². The zero-order valence-electron chi connectivity index (χ0n) is 15.8. The van der Waals surface area contributed by atoms with E-state index in [0.717, 1.165) is 6.07 Å². The highest BCUT2D eigenvalue weighted by Crippen LogP contribution is 2.53. The standard InChI is InChI=1S/C21H15F6NO3/c1-31-14-7-4-6-13(11-14)18(29)28-17-15-8-3-2-5-12(15)9-10-16(17)19(30,20(22,23)24)21(25,26)27/h2-11,30H,1H3,(H,28,29). The van der Waals surface area contributed by atoms with Crippen LogP contribution in [-0.4, -0.2) is 30.5 Å². The largest absolute Gasteiger partial charge is 0.497 e. The molecule has 0 unspecified atom stereocenters. The van der Waals surface area contributed by atoms with Crippen molar-refractivity contribution in [3.8, 4) is 5.75 Å². The highest BCUT2D eigenvalue weighted by molar-refractivity contribution is 6.10. The fraction of sp³-hybridized carbons (Fsp3) is 0.190. The Hall–Kier alpha value is -3.27. The van der Waals surface area contributed by atoms with Gasteiger partial charge in [-0.15, -0.1) is 0 Å². The third-order valence-corrected chi connectivity index (χ3v) is 4.71. The Morgan fingerprint density at radius 2 is 1.55 bits per heavy atom. The van der Waals surface area contributed by atoms with Crippen molar-refractivity contribution in [3.05, 3.63) is 71.8 Å². The quantitative estimate of drug-likeness (QED) is 0.530. The van der Waals surface area contributed by atoms with E-state index in [1.807, 2.05) is 0 Å². The van der Waals surface area contributed by atoms with Crippen LogP contribution in [0.1, 0.15) is 15.9 Å². The summed E-state index contributed by atoms with van der Waals surface area (Å²) in [6, 6.07) is 12.6. The van der Waals surface area contributed by atoms with Gasteiger partial charge in [-0.25, -0.2) is 0 Å². The van der Waals surface area contributed by atoms with Crippen LogP contribution >= 0.6 is 0 Å². The number of ether oxygens (including phenoxy) is 1. The van der Waals surface area contributed by atoms with E-state index >= 15 is 0 Å². The van der Waals surface area contributed by atoms with Crippen molar-refractivity contribution >= 4 is 22.4 Å². The highest BCUT2D eigenvalue weighted by atomic mass is 19.4. The van der Waals surface area contributed by atoms with E-state index in [4.69, 9.17) is 4.74 Å². The lowest BCUT2D eigenvalue weighted by Crippen LogP contribution is -2.54. The Morgan fingerprint density at radius 3 is 2.16 bits per heavy atom. The molecule has 0 aliphatic rings. The van der Waals surface area contributed by atoms with E-state index in [2.05, 4.69) is 5.32 Å². The highest BCUT2D eigenvalue weighted by Gasteiger charge is 2.72. The van der Waals surface area contributed by atoms with Crippen LogP contribution in [0.2, 0.25) is 0 Å². The third-order valence-electron chi connectivity index (χ3n) is 4.71. The first kappa shape index (κ1) is 22.4. The number of anilines is 1. The Labute approximate surface area is 172 Å². The van der Waals surface area contributed by atoms with Crippen molar-refractivity contribution in [1.82, 2.24) is 0 Å². The SMILES string of the molecule is COc1cccc(C(=O)Nc2c(C(O)(C(F)(F)F)C(F)(F)F)ccc3ccccc23)c1. The predicted molar refractivity (Wildman–Crippen MR) is 101 cm³/mol. The fourth-order valence-corrected chi connectivity index (χ4v) is 3.12. The lowest BCUT2D eigenvalue weighted by molar-refractivity contribution is -0.375. The maximum Gasteiger partial charge on any atom is 0.430 e. The Kier molecular flexibility index (Phi) is 5.62. The molecular weight excluding hydrogens is 428 g/mol. The molecule has 0 bridgehead atoms. The summed E-state index contributed by atoms with van der Waals surface area (Å²) < 4.78 is 86.1. The molecule has 31 heavy (non-hydrogen) atoms. The number of methoxy groups -OCH3 is 1. The number of carbonyl (C=O) groups excluding carboxylic acids is 1.